The SMILES string of the molecule is CC(C)c1cc(CN(C)C(=O)N[C@@H]2COC3(CCCCC3)C2)on1. The Hall–Kier alpha value is -1.56. The maximum atomic E-state index is 12.4. The standard InChI is InChI=1S/C18H29N3O3/c1-13(2)16-9-15(24-20-16)11-21(3)17(22)19-14-10-18(23-12-14)7-5-4-6-8-18/h9,13-14H,4-8,10-12H2,1-3H3,(H,19,22)/t14-/m0/s1. The third kappa shape index (κ3) is 3.91. The molecule has 2 aliphatic rings. The monoisotopic (exact) mass is 335 g/mol. The first kappa shape index (κ1) is 17.3. The summed E-state index contributed by atoms with van der Waals surface area (Å²) >= 11 is 0. The molecule has 3 rings (SSSR count). The lowest BCUT2D eigenvalue weighted by molar-refractivity contribution is -0.0246. The van der Waals surface area contributed by atoms with Crippen molar-refractivity contribution in [1.29, 1.82) is 0 Å². The van der Waals surface area contributed by atoms with E-state index in [4.69, 9.17) is 9.26 Å². The third-order valence-electron chi connectivity index (χ3n) is 5.21. The topological polar surface area (TPSA) is 67.6 Å². The van der Waals surface area contributed by atoms with Gasteiger partial charge in [-0.25, -0.2) is 4.79 Å². The lowest BCUT2D eigenvalue weighted by Crippen LogP contribution is -2.43. The van der Waals surface area contributed by atoms with Crippen LogP contribution in [-0.2, 0) is 11.3 Å². The number of carbonyl (C=O) groups excluding carboxylic acids is 1. The van der Waals surface area contributed by atoms with Gasteiger partial charge in [-0.3, -0.25) is 0 Å². The zero-order valence-corrected chi connectivity index (χ0v) is 15.0. The number of hydrogen-bond acceptors (Lipinski definition) is 4. The molecular formula is C18H29N3O3. The summed E-state index contributed by atoms with van der Waals surface area (Å²) in [6.45, 7) is 5.18. The largest absolute Gasteiger partial charge is 0.373 e. The number of amides is 2. The van der Waals surface area contributed by atoms with Crippen LogP contribution in [0, 0.1) is 0 Å². The predicted octanol–water partition coefficient (Wildman–Crippen LogP) is 3.43. The van der Waals surface area contributed by atoms with Gasteiger partial charge in [-0.15, -0.1) is 0 Å². The number of aromatic nitrogens is 1. The molecule has 1 atom stereocenters. The highest BCUT2D eigenvalue weighted by atomic mass is 16.5. The normalized spacial score (nSPS) is 22.9. The molecule has 1 N–H and O–H groups in total. The Morgan fingerprint density at radius 3 is 2.83 bits per heavy atom. The number of nitrogens with one attached hydrogen (secondary N) is 1. The van der Waals surface area contributed by atoms with Crippen LogP contribution in [0.5, 0.6) is 0 Å². The minimum absolute atomic E-state index is 0.0197. The van der Waals surface area contributed by atoms with Crippen LogP contribution in [0.4, 0.5) is 4.79 Å². The van der Waals surface area contributed by atoms with Crippen LogP contribution >= 0.6 is 0 Å². The van der Waals surface area contributed by atoms with Gasteiger partial charge < -0.3 is 19.5 Å². The lowest BCUT2D eigenvalue weighted by atomic mass is 9.82. The fourth-order valence-corrected chi connectivity index (χ4v) is 3.75. The van der Waals surface area contributed by atoms with E-state index in [1.165, 1.54) is 19.3 Å². The molecule has 1 aliphatic carbocycles. The van der Waals surface area contributed by atoms with Gasteiger partial charge >= 0.3 is 6.03 Å². The van der Waals surface area contributed by atoms with Crippen LogP contribution in [0.3, 0.4) is 0 Å². The van der Waals surface area contributed by atoms with Crippen LogP contribution in [0.1, 0.15) is 69.7 Å². The average Bonchev–Trinajstić information content (AvgIpc) is 3.16. The Balaban J connectivity index is 1.49. The first-order valence-electron chi connectivity index (χ1n) is 9.08. The number of hydrogen-bond donors (Lipinski definition) is 1. The van der Waals surface area contributed by atoms with E-state index in [2.05, 4.69) is 24.3 Å². The number of carbonyl (C=O) groups is 1. The summed E-state index contributed by atoms with van der Waals surface area (Å²) < 4.78 is 11.4. The Bertz CT molecular complexity index is 564. The molecule has 0 bridgehead atoms. The highest BCUT2D eigenvalue weighted by Gasteiger charge is 2.41. The molecule has 0 aromatic carbocycles. The summed E-state index contributed by atoms with van der Waals surface area (Å²) in [4.78, 5) is 14.0. The molecule has 2 fully saturated rings. The Kier molecular flexibility index (Phi) is 5.13. The summed E-state index contributed by atoms with van der Waals surface area (Å²) in [7, 11) is 1.78. The van der Waals surface area contributed by atoms with Crippen LogP contribution in [0.25, 0.3) is 0 Å². The molecule has 1 aromatic heterocycles. The molecular weight excluding hydrogens is 306 g/mol. The van der Waals surface area contributed by atoms with Crippen molar-refractivity contribution in [1.82, 2.24) is 15.4 Å². The van der Waals surface area contributed by atoms with E-state index < -0.39 is 0 Å². The first-order chi connectivity index (χ1) is 11.5. The second-order valence-electron chi connectivity index (χ2n) is 7.63. The number of nitrogens with zero attached hydrogens (tertiary/aromatic N) is 2. The minimum Gasteiger partial charge on any atom is -0.373 e. The van der Waals surface area contributed by atoms with Crippen molar-refractivity contribution in [2.75, 3.05) is 13.7 Å². The van der Waals surface area contributed by atoms with Crippen molar-refractivity contribution in [2.45, 2.75) is 76.5 Å². The van der Waals surface area contributed by atoms with Crippen molar-refractivity contribution >= 4 is 6.03 Å². The molecule has 24 heavy (non-hydrogen) atoms. The van der Waals surface area contributed by atoms with E-state index in [-0.39, 0.29) is 17.7 Å². The van der Waals surface area contributed by atoms with Gasteiger partial charge in [0.1, 0.15) is 0 Å². The summed E-state index contributed by atoms with van der Waals surface area (Å²) in [5, 5.41) is 7.13. The van der Waals surface area contributed by atoms with Gasteiger partial charge in [0, 0.05) is 13.1 Å². The molecule has 1 spiro atoms. The van der Waals surface area contributed by atoms with Gasteiger partial charge in [0.2, 0.25) is 0 Å². The van der Waals surface area contributed by atoms with Crippen LogP contribution < -0.4 is 5.32 Å². The molecule has 1 aromatic rings. The number of rotatable bonds is 4. The Morgan fingerprint density at radius 2 is 2.17 bits per heavy atom. The molecule has 6 nitrogen and oxygen atoms in total. The summed E-state index contributed by atoms with van der Waals surface area (Å²) in [5.41, 5.74) is 0.938. The van der Waals surface area contributed by atoms with E-state index >= 15 is 0 Å². The van der Waals surface area contributed by atoms with E-state index in [0.717, 1.165) is 25.0 Å². The minimum atomic E-state index is -0.0843. The average molecular weight is 335 g/mol. The van der Waals surface area contributed by atoms with Gasteiger partial charge in [0.25, 0.3) is 0 Å². The summed E-state index contributed by atoms with van der Waals surface area (Å²) in [6, 6.07) is 1.95. The van der Waals surface area contributed by atoms with Gasteiger partial charge in [0.15, 0.2) is 5.76 Å². The van der Waals surface area contributed by atoms with Crippen molar-refractivity contribution < 1.29 is 14.1 Å². The zero-order valence-electron chi connectivity index (χ0n) is 15.0. The second kappa shape index (κ2) is 7.13. The van der Waals surface area contributed by atoms with Crippen LogP contribution in [0.2, 0.25) is 0 Å². The third-order valence-corrected chi connectivity index (χ3v) is 5.21. The van der Waals surface area contributed by atoms with E-state index in [1.807, 2.05) is 6.07 Å². The summed E-state index contributed by atoms with van der Waals surface area (Å²) in [5.74, 6) is 1.03. The first-order valence-corrected chi connectivity index (χ1v) is 9.08. The quantitative estimate of drug-likeness (QED) is 0.915. The highest BCUT2D eigenvalue weighted by Crippen LogP contribution is 2.39. The van der Waals surface area contributed by atoms with E-state index in [1.54, 1.807) is 11.9 Å². The lowest BCUT2D eigenvalue weighted by Gasteiger charge is -2.32. The van der Waals surface area contributed by atoms with Gasteiger partial charge in [0.05, 0.1) is 30.5 Å². The molecule has 2 amide bonds. The molecule has 0 radical (unpaired) electrons. The fourth-order valence-electron chi connectivity index (χ4n) is 3.75. The number of urea groups is 1. The predicted molar refractivity (Wildman–Crippen MR) is 90.8 cm³/mol. The molecule has 2 heterocycles. The van der Waals surface area contributed by atoms with Crippen molar-refractivity contribution in [3.63, 3.8) is 0 Å². The van der Waals surface area contributed by atoms with Crippen LogP contribution in [0.15, 0.2) is 10.6 Å². The van der Waals surface area contributed by atoms with E-state index in [9.17, 15) is 4.79 Å². The maximum absolute atomic E-state index is 12.4. The zero-order chi connectivity index (χ0) is 17.2. The van der Waals surface area contributed by atoms with Gasteiger partial charge in [-0.2, -0.15) is 0 Å². The molecule has 1 aliphatic heterocycles. The fraction of sp³-hybridized carbons (Fsp3) is 0.778. The number of ether oxygens (including phenoxy) is 1. The highest BCUT2D eigenvalue weighted by molar-refractivity contribution is 5.74. The smallest absolute Gasteiger partial charge is 0.317 e. The van der Waals surface area contributed by atoms with Crippen molar-refractivity contribution in [3.05, 3.63) is 17.5 Å². The van der Waals surface area contributed by atoms with Gasteiger partial charge in [-0.1, -0.05) is 38.3 Å². The van der Waals surface area contributed by atoms with Crippen molar-refractivity contribution in [3.8, 4) is 0 Å². The molecule has 6 heteroatoms. The van der Waals surface area contributed by atoms with Crippen LogP contribution in [-0.4, -0.2) is 41.4 Å². The molecule has 1 saturated carbocycles. The Morgan fingerprint density at radius 1 is 1.42 bits per heavy atom. The molecule has 0 unspecified atom stereocenters. The summed E-state index contributed by atoms with van der Waals surface area (Å²) in [6.07, 6.45) is 6.98. The second-order valence-corrected chi connectivity index (χ2v) is 7.63. The van der Waals surface area contributed by atoms with E-state index in [0.29, 0.717) is 24.8 Å². The molecule has 1 saturated heterocycles. The maximum Gasteiger partial charge on any atom is 0.317 e. The van der Waals surface area contributed by atoms with Crippen molar-refractivity contribution in [2.24, 2.45) is 0 Å². The Labute approximate surface area is 143 Å². The van der Waals surface area contributed by atoms with Gasteiger partial charge in [-0.05, 0) is 25.2 Å². The molecule has 134 valence electrons.